The van der Waals surface area contributed by atoms with Crippen molar-refractivity contribution in [3.8, 4) is 11.1 Å². The maximum atomic E-state index is 14.9. The van der Waals surface area contributed by atoms with Crippen LogP contribution in [0.3, 0.4) is 0 Å². The molecule has 0 radical (unpaired) electrons. The molecule has 0 aromatic heterocycles. The van der Waals surface area contributed by atoms with E-state index in [1.165, 1.54) is 23.6 Å². The molecule has 0 spiro atoms. The molecule has 3 heterocycles. The summed E-state index contributed by atoms with van der Waals surface area (Å²) in [4.78, 5) is 20.5. The molecule has 6 nitrogen and oxygen atoms in total. The van der Waals surface area contributed by atoms with Gasteiger partial charge in [-0.25, -0.2) is 4.39 Å². The molecule has 7 heteroatoms. The van der Waals surface area contributed by atoms with E-state index in [1.807, 2.05) is 36.4 Å². The van der Waals surface area contributed by atoms with Gasteiger partial charge in [0.05, 0.1) is 0 Å². The molecule has 2 N–H and O–H groups in total. The number of likely N-dealkylation sites (tertiary alicyclic amines) is 2. The zero-order chi connectivity index (χ0) is 27.6. The predicted molar refractivity (Wildman–Crippen MR) is 157 cm³/mol. The van der Waals surface area contributed by atoms with Crippen LogP contribution in [0.5, 0.6) is 0 Å². The Morgan fingerprint density at radius 3 is 2.55 bits per heavy atom. The molecule has 3 fully saturated rings. The van der Waals surface area contributed by atoms with Crippen LogP contribution in [0.25, 0.3) is 11.1 Å². The van der Waals surface area contributed by atoms with Gasteiger partial charge in [0.1, 0.15) is 5.82 Å². The number of likely N-dealkylation sites (N-methyl/N-ethyl adjacent to an activating group) is 1. The predicted octanol–water partition coefficient (Wildman–Crippen LogP) is 4.10. The molecule has 3 saturated heterocycles. The Kier molecular flexibility index (Phi) is 7.98. The van der Waals surface area contributed by atoms with Gasteiger partial charge in [-0.05, 0) is 73.0 Å². The summed E-state index contributed by atoms with van der Waals surface area (Å²) in [5, 5.41) is 6.52. The zero-order valence-electron chi connectivity index (χ0n) is 23.6. The first-order valence-electron chi connectivity index (χ1n) is 14.6. The van der Waals surface area contributed by atoms with Crippen LogP contribution >= 0.6 is 0 Å². The van der Waals surface area contributed by atoms with Crippen molar-refractivity contribution in [1.29, 1.82) is 0 Å². The Morgan fingerprint density at radius 1 is 0.950 bits per heavy atom. The third-order valence-electron chi connectivity index (χ3n) is 8.78. The largest absolute Gasteiger partial charge is 0.348 e. The normalized spacial score (nSPS) is 23.5. The minimum absolute atomic E-state index is 0.109. The average Bonchev–Trinajstić information content (AvgIpc) is 3.52. The van der Waals surface area contributed by atoms with Crippen molar-refractivity contribution in [3.63, 3.8) is 0 Å². The van der Waals surface area contributed by atoms with Crippen LogP contribution in [0.2, 0.25) is 0 Å². The van der Waals surface area contributed by atoms with Gasteiger partial charge in [0.15, 0.2) is 0 Å². The van der Waals surface area contributed by atoms with Gasteiger partial charge in [-0.15, -0.1) is 0 Å². The van der Waals surface area contributed by atoms with E-state index in [4.69, 9.17) is 0 Å². The quantitative estimate of drug-likeness (QED) is 0.450. The lowest BCUT2D eigenvalue weighted by Crippen LogP contribution is -2.48. The number of fused-ring (bicyclic) bond motifs is 2. The summed E-state index contributed by atoms with van der Waals surface area (Å²) in [6.45, 7) is 9.52. The maximum absolute atomic E-state index is 14.9. The molecule has 1 unspecified atom stereocenters. The molecule has 6 rings (SSSR count). The van der Waals surface area contributed by atoms with Gasteiger partial charge < -0.3 is 15.5 Å². The average molecular weight is 542 g/mol. The monoisotopic (exact) mass is 541 g/mol. The number of hydrogen-bond acceptors (Lipinski definition) is 5. The molecule has 40 heavy (non-hydrogen) atoms. The minimum Gasteiger partial charge on any atom is -0.348 e. The van der Waals surface area contributed by atoms with E-state index >= 15 is 0 Å². The fourth-order valence-electron chi connectivity index (χ4n) is 6.63. The second kappa shape index (κ2) is 11.8. The van der Waals surface area contributed by atoms with E-state index in [1.54, 1.807) is 6.07 Å². The fourth-order valence-corrected chi connectivity index (χ4v) is 6.63. The van der Waals surface area contributed by atoms with E-state index < -0.39 is 0 Å². The Balaban J connectivity index is 1.09. The summed E-state index contributed by atoms with van der Waals surface area (Å²) < 4.78 is 14.9. The van der Waals surface area contributed by atoms with Crippen LogP contribution in [-0.2, 0) is 19.6 Å². The summed E-state index contributed by atoms with van der Waals surface area (Å²) in [5.74, 6) is -0.361. The lowest BCUT2D eigenvalue weighted by molar-refractivity contribution is 0.0950. The van der Waals surface area contributed by atoms with E-state index in [0.717, 1.165) is 56.9 Å². The molecule has 3 atom stereocenters. The lowest BCUT2D eigenvalue weighted by atomic mass is 10.00. The second-order valence-corrected chi connectivity index (χ2v) is 11.9. The van der Waals surface area contributed by atoms with Gasteiger partial charge in [-0.1, -0.05) is 36.4 Å². The molecule has 0 saturated carbocycles. The number of carbonyl (C=O) groups is 1. The number of benzene rings is 3. The standard InChI is InChI=1S/C33H40FN5O/c1-23-18-38(12-11-35-23)19-25-5-3-7-27(13-25)31-15-24(9-10-32(31)34)17-36-33(40)28-8-4-6-26(14-28)20-39-22-29-16-30(39)21-37(29)2/h3-10,13-15,23,29-30,35H,11-12,16-22H2,1-2H3,(H,36,40)/t23-,29?,30-/m0/s1. The molecule has 3 aromatic rings. The number of nitrogens with zero attached hydrogens (tertiary/aromatic N) is 3. The number of carbonyl (C=O) groups excluding carboxylic acids is 1. The molecular weight excluding hydrogens is 501 g/mol. The topological polar surface area (TPSA) is 50.9 Å². The summed E-state index contributed by atoms with van der Waals surface area (Å²) in [7, 11) is 2.21. The van der Waals surface area contributed by atoms with Crippen LogP contribution in [0.1, 0.15) is 40.4 Å². The molecule has 3 aliphatic heterocycles. The lowest BCUT2D eigenvalue weighted by Gasteiger charge is -2.31. The molecule has 3 aromatic carbocycles. The molecule has 1 amide bonds. The van der Waals surface area contributed by atoms with Crippen LogP contribution in [0, 0.1) is 5.82 Å². The van der Waals surface area contributed by atoms with E-state index in [9.17, 15) is 9.18 Å². The van der Waals surface area contributed by atoms with Crippen molar-refractivity contribution in [1.82, 2.24) is 25.3 Å². The summed E-state index contributed by atoms with van der Waals surface area (Å²) >= 11 is 0. The second-order valence-electron chi connectivity index (χ2n) is 11.9. The highest BCUT2D eigenvalue weighted by molar-refractivity contribution is 5.94. The van der Waals surface area contributed by atoms with Gasteiger partial charge in [-0.2, -0.15) is 0 Å². The van der Waals surface area contributed by atoms with Gasteiger partial charge in [0, 0.05) is 81.6 Å². The van der Waals surface area contributed by atoms with Crippen molar-refractivity contribution >= 4 is 5.91 Å². The highest BCUT2D eigenvalue weighted by Gasteiger charge is 2.41. The first-order chi connectivity index (χ1) is 19.4. The number of rotatable bonds is 8. The number of piperazine rings is 2. The fraction of sp³-hybridized carbons (Fsp3) is 0.424. The number of hydrogen-bond donors (Lipinski definition) is 2. The van der Waals surface area contributed by atoms with Crippen molar-refractivity contribution in [2.24, 2.45) is 0 Å². The van der Waals surface area contributed by atoms with Crippen LogP contribution < -0.4 is 10.6 Å². The first-order valence-corrected chi connectivity index (χ1v) is 14.6. The number of amides is 1. The van der Waals surface area contributed by atoms with Crippen LogP contribution in [0.15, 0.2) is 66.7 Å². The Hall–Kier alpha value is -3.10. The van der Waals surface area contributed by atoms with Gasteiger partial charge >= 0.3 is 0 Å². The highest BCUT2D eigenvalue weighted by Crippen LogP contribution is 2.30. The molecular formula is C33H40FN5O. The van der Waals surface area contributed by atoms with Gasteiger partial charge in [0.2, 0.25) is 0 Å². The van der Waals surface area contributed by atoms with Gasteiger partial charge in [-0.3, -0.25) is 14.6 Å². The molecule has 2 bridgehead atoms. The zero-order valence-corrected chi connectivity index (χ0v) is 23.6. The highest BCUT2D eigenvalue weighted by atomic mass is 19.1. The Labute approximate surface area is 237 Å². The van der Waals surface area contributed by atoms with Crippen molar-refractivity contribution < 1.29 is 9.18 Å². The van der Waals surface area contributed by atoms with Crippen molar-refractivity contribution in [3.05, 3.63) is 94.8 Å². The van der Waals surface area contributed by atoms with E-state index in [0.29, 0.717) is 35.8 Å². The number of halogens is 1. The molecule has 210 valence electrons. The van der Waals surface area contributed by atoms with E-state index in [2.05, 4.69) is 57.5 Å². The van der Waals surface area contributed by atoms with E-state index in [-0.39, 0.29) is 11.7 Å². The van der Waals surface area contributed by atoms with Crippen LogP contribution in [-0.4, -0.2) is 78.5 Å². The molecule has 3 aliphatic rings. The molecule has 0 aliphatic carbocycles. The SMILES string of the molecule is C[C@H]1CN(Cc2cccc(-c3cc(CNC(=O)c4cccc(CN5CC6C[C@H]5CN6C)c4)ccc3F)c2)CCN1. The van der Waals surface area contributed by atoms with Crippen molar-refractivity contribution in [2.75, 3.05) is 39.8 Å². The summed E-state index contributed by atoms with van der Waals surface area (Å²) in [5.41, 5.74) is 5.31. The smallest absolute Gasteiger partial charge is 0.251 e. The number of nitrogens with one attached hydrogen (secondary N) is 2. The Bertz CT molecular complexity index is 1360. The maximum Gasteiger partial charge on any atom is 0.251 e. The van der Waals surface area contributed by atoms with Crippen molar-refractivity contribution in [2.45, 2.75) is 51.1 Å². The summed E-state index contributed by atoms with van der Waals surface area (Å²) in [6, 6.07) is 23.0. The third-order valence-corrected chi connectivity index (χ3v) is 8.78. The van der Waals surface area contributed by atoms with Crippen LogP contribution in [0.4, 0.5) is 4.39 Å². The van der Waals surface area contributed by atoms with Gasteiger partial charge in [0.25, 0.3) is 5.91 Å². The minimum atomic E-state index is -0.252. The third kappa shape index (κ3) is 6.13. The first kappa shape index (κ1) is 27.1. The summed E-state index contributed by atoms with van der Waals surface area (Å²) in [6.07, 6.45) is 1.25. The Morgan fingerprint density at radius 2 is 1.77 bits per heavy atom.